The highest BCUT2D eigenvalue weighted by Gasteiger charge is 2.63. The van der Waals surface area contributed by atoms with E-state index in [1.807, 2.05) is 24.8 Å². The van der Waals surface area contributed by atoms with Gasteiger partial charge in [-0.05, 0) is 45.1 Å². The summed E-state index contributed by atoms with van der Waals surface area (Å²) in [6.07, 6.45) is 6.06. The fraction of sp³-hybridized carbons (Fsp3) is 0.542. The number of hydrogen-bond acceptors (Lipinski definition) is 4. The standard InChI is InChI=1S/C24H29N3O2S/c1-16-20(30-17(2)25-16)22(28)26-14-10-19(11-15-26)27-21(18-8-4-3-5-9-18)24(23(27)29)12-6-7-13-24/h3-5,8-9,19,21H,6-7,10-15H2,1-2H3. The Labute approximate surface area is 182 Å². The number of carbonyl (C=O) groups is 2. The Balaban J connectivity index is 1.32. The van der Waals surface area contributed by atoms with E-state index in [2.05, 4.69) is 34.1 Å². The zero-order chi connectivity index (χ0) is 20.9. The minimum Gasteiger partial charge on any atom is -0.338 e. The van der Waals surface area contributed by atoms with Crippen LogP contribution >= 0.6 is 11.3 Å². The van der Waals surface area contributed by atoms with Gasteiger partial charge < -0.3 is 9.80 Å². The second-order valence-electron chi connectivity index (χ2n) is 9.06. The summed E-state index contributed by atoms with van der Waals surface area (Å²) >= 11 is 1.48. The van der Waals surface area contributed by atoms with E-state index >= 15 is 0 Å². The number of aromatic nitrogens is 1. The largest absolute Gasteiger partial charge is 0.338 e. The number of carbonyl (C=O) groups excluding carboxylic acids is 2. The van der Waals surface area contributed by atoms with E-state index in [1.54, 1.807) is 0 Å². The number of piperidine rings is 1. The second kappa shape index (κ2) is 7.49. The third-order valence-corrected chi connectivity index (χ3v) is 8.38. The van der Waals surface area contributed by atoms with Crippen molar-refractivity contribution < 1.29 is 9.59 Å². The molecule has 1 aliphatic carbocycles. The van der Waals surface area contributed by atoms with Gasteiger partial charge in [-0.15, -0.1) is 11.3 Å². The molecule has 1 aromatic heterocycles. The molecule has 0 N–H and O–H groups in total. The van der Waals surface area contributed by atoms with Crippen molar-refractivity contribution in [3.05, 3.63) is 51.5 Å². The van der Waals surface area contributed by atoms with Crippen LogP contribution in [0.15, 0.2) is 30.3 Å². The maximum absolute atomic E-state index is 13.4. The fourth-order valence-corrected chi connectivity index (χ4v) is 6.78. The van der Waals surface area contributed by atoms with Gasteiger partial charge in [0.05, 0.1) is 22.2 Å². The van der Waals surface area contributed by atoms with Crippen molar-refractivity contribution in [2.45, 2.75) is 64.5 Å². The van der Waals surface area contributed by atoms with Crippen molar-refractivity contribution >= 4 is 23.2 Å². The van der Waals surface area contributed by atoms with E-state index in [4.69, 9.17) is 0 Å². The Bertz CT molecular complexity index is 956. The highest BCUT2D eigenvalue weighted by Crippen LogP contribution is 2.60. The van der Waals surface area contributed by atoms with E-state index in [0.29, 0.717) is 19.0 Å². The van der Waals surface area contributed by atoms with Gasteiger partial charge in [-0.25, -0.2) is 4.98 Å². The zero-order valence-electron chi connectivity index (χ0n) is 17.8. The lowest BCUT2D eigenvalue weighted by molar-refractivity contribution is -0.180. The molecule has 0 bridgehead atoms. The number of β-lactam (4-membered cyclic amide) rings is 1. The number of hydrogen-bond donors (Lipinski definition) is 0. The smallest absolute Gasteiger partial charge is 0.265 e. The minimum atomic E-state index is -0.175. The summed E-state index contributed by atoms with van der Waals surface area (Å²) in [5.41, 5.74) is 1.93. The molecule has 1 aromatic carbocycles. The third kappa shape index (κ3) is 2.99. The molecular formula is C24H29N3O2S. The number of aryl methyl sites for hydroxylation is 2. The van der Waals surface area contributed by atoms with E-state index < -0.39 is 0 Å². The van der Waals surface area contributed by atoms with Gasteiger partial charge in [0.25, 0.3) is 5.91 Å². The molecule has 30 heavy (non-hydrogen) atoms. The molecule has 3 heterocycles. The molecule has 6 heteroatoms. The summed E-state index contributed by atoms with van der Waals surface area (Å²) in [6, 6.07) is 11.0. The molecule has 1 saturated carbocycles. The van der Waals surface area contributed by atoms with E-state index in [-0.39, 0.29) is 23.4 Å². The number of rotatable bonds is 3. The highest BCUT2D eigenvalue weighted by molar-refractivity contribution is 7.13. The van der Waals surface area contributed by atoms with Crippen LogP contribution in [0.25, 0.3) is 0 Å². The monoisotopic (exact) mass is 423 g/mol. The fourth-order valence-electron chi connectivity index (χ4n) is 5.90. The maximum atomic E-state index is 13.4. The molecule has 0 radical (unpaired) electrons. The molecule has 1 spiro atoms. The van der Waals surface area contributed by atoms with Crippen LogP contribution in [0.1, 0.15) is 70.5 Å². The number of nitrogens with zero attached hydrogens (tertiary/aromatic N) is 3. The summed E-state index contributed by atoms with van der Waals surface area (Å²) in [5, 5.41) is 0.935. The lowest BCUT2D eigenvalue weighted by atomic mass is 9.65. The van der Waals surface area contributed by atoms with Gasteiger partial charge in [0.15, 0.2) is 0 Å². The predicted octanol–water partition coefficient (Wildman–Crippen LogP) is 4.51. The van der Waals surface area contributed by atoms with Gasteiger partial charge in [-0.2, -0.15) is 0 Å². The lowest BCUT2D eigenvalue weighted by Gasteiger charge is -2.59. The van der Waals surface area contributed by atoms with Crippen molar-refractivity contribution in [3.63, 3.8) is 0 Å². The summed E-state index contributed by atoms with van der Waals surface area (Å²) < 4.78 is 0. The summed E-state index contributed by atoms with van der Waals surface area (Å²) in [7, 11) is 0. The van der Waals surface area contributed by atoms with Gasteiger partial charge in [0.2, 0.25) is 5.91 Å². The first-order valence-electron chi connectivity index (χ1n) is 11.1. The molecular weight excluding hydrogens is 394 g/mol. The van der Waals surface area contributed by atoms with Gasteiger partial charge >= 0.3 is 0 Å². The second-order valence-corrected chi connectivity index (χ2v) is 10.3. The first-order valence-corrected chi connectivity index (χ1v) is 11.9. The highest BCUT2D eigenvalue weighted by atomic mass is 32.1. The Morgan fingerprint density at radius 1 is 1.10 bits per heavy atom. The predicted molar refractivity (Wildman–Crippen MR) is 117 cm³/mol. The van der Waals surface area contributed by atoms with E-state index in [9.17, 15) is 9.59 Å². The van der Waals surface area contributed by atoms with E-state index in [1.165, 1.54) is 16.9 Å². The third-order valence-electron chi connectivity index (χ3n) is 7.32. The SMILES string of the molecule is Cc1nc(C)c(C(=O)N2CCC(N3C(=O)C4(CCCC4)C3c3ccccc3)CC2)s1. The van der Waals surface area contributed by atoms with Crippen LogP contribution in [0.4, 0.5) is 0 Å². The van der Waals surface area contributed by atoms with Crippen molar-refractivity contribution in [1.82, 2.24) is 14.8 Å². The van der Waals surface area contributed by atoms with Gasteiger partial charge in [-0.3, -0.25) is 9.59 Å². The first-order chi connectivity index (χ1) is 14.5. The molecule has 2 amide bonds. The van der Waals surface area contributed by atoms with Crippen LogP contribution in [-0.4, -0.2) is 45.7 Å². The lowest BCUT2D eigenvalue weighted by Crippen LogP contribution is -2.66. The Kier molecular flexibility index (Phi) is 4.92. The summed E-state index contributed by atoms with van der Waals surface area (Å²) in [5.74, 6) is 0.450. The average Bonchev–Trinajstić information content (AvgIpc) is 3.40. The average molecular weight is 424 g/mol. The van der Waals surface area contributed by atoms with Crippen LogP contribution in [0.2, 0.25) is 0 Å². The zero-order valence-corrected chi connectivity index (χ0v) is 18.6. The van der Waals surface area contributed by atoms with Crippen LogP contribution < -0.4 is 0 Å². The quantitative estimate of drug-likeness (QED) is 0.683. The van der Waals surface area contributed by atoms with Gasteiger partial charge in [0.1, 0.15) is 4.88 Å². The molecule has 1 atom stereocenters. The van der Waals surface area contributed by atoms with Crippen LogP contribution in [0.5, 0.6) is 0 Å². The van der Waals surface area contributed by atoms with Gasteiger partial charge in [0, 0.05) is 19.1 Å². The van der Waals surface area contributed by atoms with Crippen molar-refractivity contribution in [2.24, 2.45) is 5.41 Å². The van der Waals surface area contributed by atoms with Crippen molar-refractivity contribution in [2.75, 3.05) is 13.1 Å². The molecule has 3 fully saturated rings. The summed E-state index contributed by atoms with van der Waals surface area (Å²) in [4.78, 5) is 35.6. The molecule has 1 unspecified atom stereocenters. The normalized spacial score (nSPS) is 23.8. The Hall–Kier alpha value is -2.21. The first kappa shape index (κ1) is 19.7. The molecule has 2 saturated heterocycles. The van der Waals surface area contributed by atoms with Gasteiger partial charge in [-0.1, -0.05) is 43.2 Å². The van der Waals surface area contributed by atoms with Crippen molar-refractivity contribution in [3.8, 4) is 0 Å². The molecule has 2 aromatic rings. The Morgan fingerprint density at radius 2 is 1.77 bits per heavy atom. The molecule has 5 rings (SSSR count). The molecule has 5 nitrogen and oxygen atoms in total. The van der Waals surface area contributed by atoms with Crippen molar-refractivity contribution in [1.29, 1.82) is 0 Å². The number of amides is 2. The number of likely N-dealkylation sites (tertiary alicyclic amines) is 2. The summed E-state index contributed by atoms with van der Waals surface area (Å²) in [6.45, 7) is 5.27. The topological polar surface area (TPSA) is 53.5 Å². The molecule has 158 valence electrons. The van der Waals surface area contributed by atoms with E-state index in [0.717, 1.165) is 54.1 Å². The van der Waals surface area contributed by atoms with Crippen LogP contribution in [-0.2, 0) is 4.79 Å². The number of thiazole rings is 1. The molecule has 2 aliphatic heterocycles. The minimum absolute atomic E-state index is 0.0957. The number of benzene rings is 1. The Morgan fingerprint density at radius 3 is 2.37 bits per heavy atom. The maximum Gasteiger partial charge on any atom is 0.265 e. The van der Waals surface area contributed by atoms with Crippen LogP contribution in [0.3, 0.4) is 0 Å². The van der Waals surface area contributed by atoms with Crippen LogP contribution in [0, 0.1) is 19.3 Å². The molecule has 3 aliphatic rings.